The van der Waals surface area contributed by atoms with Crippen molar-refractivity contribution in [3.05, 3.63) is 131 Å². The third-order valence-electron chi connectivity index (χ3n) is 7.13. The highest BCUT2D eigenvalue weighted by Gasteiger charge is 2.35. The van der Waals surface area contributed by atoms with E-state index in [9.17, 15) is 18.0 Å². The van der Waals surface area contributed by atoms with Crippen molar-refractivity contribution in [1.29, 1.82) is 0 Å². The summed E-state index contributed by atoms with van der Waals surface area (Å²) < 4.78 is 29.3. The van der Waals surface area contributed by atoms with Gasteiger partial charge in [0.05, 0.1) is 10.6 Å². The summed E-state index contributed by atoms with van der Waals surface area (Å²) >= 11 is 6.42. The standard InChI is InChI=1S/C34H36ClN3O4S/c1-3-22-36-34(40)32(23-27-14-7-4-8-15-27)37(24-28-16-9-5-10-17-28)33(39)25-38(31-21-13-20-30(35)26(31)2)43(41,42)29-18-11-6-12-19-29/h4-21,32H,3,22-25H2,1-2H3,(H,36,40)/t32-/m1/s1. The Balaban J connectivity index is 1.80. The number of halogens is 1. The van der Waals surface area contributed by atoms with E-state index in [2.05, 4.69) is 5.32 Å². The molecule has 0 bridgehead atoms. The second kappa shape index (κ2) is 14.8. The molecule has 43 heavy (non-hydrogen) atoms. The lowest BCUT2D eigenvalue weighted by Crippen LogP contribution is -2.53. The zero-order chi connectivity index (χ0) is 30.8. The second-order valence-corrected chi connectivity index (χ2v) is 12.5. The van der Waals surface area contributed by atoms with Gasteiger partial charge in [0.1, 0.15) is 12.6 Å². The number of carbonyl (C=O) groups is 2. The van der Waals surface area contributed by atoms with Gasteiger partial charge in [0.25, 0.3) is 10.0 Å². The van der Waals surface area contributed by atoms with Crippen molar-refractivity contribution in [2.45, 2.75) is 44.2 Å². The first-order valence-electron chi connectivity index (χ1n) is 14.2. The Morgan fingerprint density at radius 1 is 0.814 bits per heavy atom. The van der Waals surface area contributed by atoms with Crippen molar-refractivity contribution in [1.82, 2.24) is 10.2 Å². The summed E-state index contributed by atoms with van der Waals surface area (Å²) in [6, 6.07) is 30.9. The quantitative estimate of drug-likeness (QED) is 0.199. The van der Waals surface area contributed by atoms with E-state index in [0.29, 0.717) is 22.8 Å². The minimum absolute atomic E-state index is 0.0401. The van der Waals surface area contributed by atoms with Gasteiger partial charge in [-0.05, 0) is 54.3 Å². The van der Waals surface area contributed by atoms with Crippen LogP contribution >= 0.6 is 11.6 Å². The SMILES string of the molecule is CCCNC(=O)[C@@H](Cc1ccccc1)N(Cc1ccccc1)C(=O)CN(c1cccc(Cl)c1C)S(=O)(=O)c1ccccc1. The first-order chi connectivity index (χ1) is 20.7. The van der Waals surface area contributed by atoms with Crippen LogP contribution in [-0.4, -0.2) is 44.3 Å². The van der Waals surface area contributed by atoms with Crippen molar-refractivity contribution >= 4 is 39.1 Å². The smallest absolute Gasteiger partial charge is 0.264 e. The first-order valence-corrected chi connectivity index (χ1v) is 16.0. The van der Waals surface area contributed by atoms with Crippen molar-refractivity contribution in [2.75, 3.05) is 17.4 Å². The lowest BCUT2D eigenvalue weighted by molar-refractivity contribution is -0.140. The number of benzene rings is 4. The second-order valence-electron chi connectivity index (χ2n) is 10.2. The molecule has 0 saturated carbocycles. The maximum atomic E-state index is 14.4. The van der Waals surface area contributed by atoms with E-state index in [1.54, 1.807) is 43.3 Å². The van der Waals surface area contributed by atoms with Gasteiger partial charge in [-0.25, -0.2) is 8.42 Å². The van der Waals surface area contributed by atoms with Crippen LogP contribution < -0.4 is 9.62 Å². The van der Waals surface area contributed by atoms with Crippen LogP contribution in [0.2, 0.25) is 5.02 Å². The summed E-state index contributed by atoms with van der Waals surface area (Å²) in [4.78, 5) is 29.6. The number of carbonyl (C=O) groups excluding carboxylic acids is 2. The first kappa shape index (κ1) is 31.8. The number of amides is 2. The Kier molecular flexibility index (Phi) is 11.0. The summed E-state index contributed by atoms with van der Waals surface area (Å²) in [5, 5.41) is 3.32. The molecule has 0 aliphatic rings. The van der Waals surface area contributed by atoms with Gasteiger partial charge in [-0.3, -0.25) is 13.9 Å². The molecule has 4 aromatic rings. The van der Waals surface area contributed by atoms with Crippen LogP contribution in [0.25, 0.3) is 0 Å². The van der Waals surface area contributed by atoms with Gasteiger partial charge in [0.2, 0.25) is 11.8 Å². The van der Waals surface area contributed by atoms with Crippen molar-refractivity contribution in [3.63, 3.8) is 0 Å². The van der Waals surface area contributed by atoms with Crippen molar-refractivity contribution < 1.29 is 18.0 Å². The van der Waals surface area contributed by atoms with E-state index in [4.69, 9.17) is 11.6 Å². The fourth-order valence-electron chi connectivity index (χ4n) is 4.80. The van der Waals surface area contributed by atoms with E-state index in [0.717, 1.165) is 21.9 Å². The molecule has 0 saturated heterocycles. The molecule has 1 atom stereocenters. The lowest BCUT2D eigenvalue weighted by Gasteiger charge is -2.34. The maximum absolute atomic E-state index is 14.4. The molecule has 0 aromatic heterocycles. The molecule has 0 spiro atoms. The predicted octanol–water partition coefficient (Wildman–Crippen LogP) is 6.01. The number of sulfonamides is 1. The molecule has 9 heteroatoms. The predicted molar refractivity (Wildman–Crippen MR) is 171 cm³/mol. The molecule has 0 radical (unpaired) electrons. The number of hydrogen-bond donors (Lipinski definition) is 1. The Hall–Kier alpha value is -4.14. The van der Waals surface area contributed by atoms with Gasteiger partial charge >= 0.3 is 0 Å². The molecule has 0 aliphatic heterocycles. The average molecular weight is 618 g/mol. The van der Waals surface area contributed by atoms with Gasteiger partial charge in [-0.1, -0.05) is 103 Å². The molecule has 224 valence electrons. The summed E-state index contributed by atoms with van der Waals surface area (Å²) in [5.41, 5.74) is 2.50. The molecule has 0 unspecified atom stereocenters. The molecule has 1 N–H and O–H groups in total. The fourth-order valence-corrected chi connectivity index (χ4v) is 6.46. The highest BCUT2D eigenvalue weighted by atomic mass is 35.5. The monoisotopic (exact) mass is 617 g/mol. The Morgan fingerprint density at radius 2 is 1.40 bits per heavy atom. The van der Waals surface area contributed by atoms with Crippen molar-refractivity contribution in [2.24, 2.45) is 0 Å². The zero-order valence-electron chi connectivity index (χ0n) is 24.3. The minimum Gasteiger partial charge on any atom is -0.354 e. The van der Waals surface area contributed by atoms with Crippen LogP contribution in [-0.2, 0) is 32.6 Å². The average Bonchev–Trinajstić information content (AvgIpc) is 3.03. The largest absolute Gasteiger partial charge is 0.354 e. The number of anilines is 1. The molecule has 0 aliphatic carbocycles. The summed E-state index contributed by atoms with van der Waals surface area (Å²) in [6.07, 6.45) is 0.990. The zero-order valence-corrected chi connectivity index (χ0v) is 25.9. The molecule has 7 nitrogen and oxygen atoms in total. The van der Waals surface area contributed by atoms with Gasteiger partial charge in [-0.15, -0.1) is 0 Å². The molecule has 2 amide bonds. The summed E-state index contributed by atoms with van der Waals surface area (Å²) in [5.74, 6) is -0.818. The molecule has 4 aromatic carbocycles. The molecule has 0 fully saturated rings. The van der Waals surface area contributed by atoms with E-state index >= 15 is 0 Å². The lowest BCUT2D eigenvalue weighted by atomic mass is 10.0. The number of nitrogens with one attached hydrogen (secondary N) is 1. The Morgan fingerprint density at radius 3 is 2.00 bits per heavy atom. The topological polar surface area (TPSA) is 86.8 Å². The normalized spacial score (nSPS) is 11.9. The fraction of sp³-hybridized carbons (Fsp3) is 0.235. The van der Waals surface area contributed by atoms with Crippen LogP contribution in [0.3, 0.4) is 0 Å². The van der Waals surface area contributed by atoms with Crippen molar-refractivity contribution in [3.8, 4) is 0 Å². The minimum atomic E-state index is -4.19. The highest BCUT2D eigenvalue weighted by Crippen LogP contribution is 2.31. The van der Waals surface area contributed by atoms with Crippen LogP contribution in [0.4, 0.5) is 5.69 Å². The maximum Gasteiger partial charge on any atom is 0.264 e. The van der Waals surface area contributed by atoms with Gasteiger partial charge < -0.3 is 10.2 Å². The third-order valence-corrected chi connectivity index (χ3v) is 9.32. The van der Waals surface area contributed by atoms with Crippen LogP contribution in [0.15, 0.2) is 114 Å². The molecular weight excluding hydrogens is 582 g/mol. The molecule has 4 rings (SSSR count). The summed E-state index contributed by atoms with van der Waals surface area (Å²) in [7, 11) is -4.19. The van der Waals surface area contributed by atoms with Gasteiger partial charge in [0.15, 0.2) is 0 Å². The van der Waals surface area contributed by atoms with Gasteiger partial charge in [0, 0.05) is 24.5 Å². The van der Waals surface area contributed by atoms with Crippen LogP contribution in [0.1, 0.15) is 30.0 Å². The van der Waals surface area contributed by atoms with E-state index in [1.165, 1.54) is 17.0 Å². The van der Waals surface area contributed by atoms with Crippen LogP contribution in [0, 0.1) is 6.92 Å². The number of nitrogens with zero attached hydrogens (tertiary/aromatic N) is 2. The molecular formula is C34H36ClN3O4S. The van der Waals surface area contributed by atoms with Crippen LogP contribution in [0.5, 0.6) is 0 Å². The van der Waals surface area contributed by atoms with E-state index in [1.807, 2.05) is 67.6 Å². The highest BCUT2D eigenvalue weighted by molar-refractivity contribution is 7.92. The molecule has 0 heterocycles. The third kappa shape index (κ3) is 8.03. The number of rotatable bonds is 13. The Bertz CT molecular complexity index is 1620. The summed E-state index contributed by atoms with van der Waals surface area (Å²) in [6.45, 7) is 3.71. The van der Waals surface area contributed by atoms with Gasteiger partial charge in [-0.2, -0.15) is 0 Å². The van der Waals surface area contributed by atoms with E-state index in [-0.39, 0.29) is 23.8 Å². The van der Waals surface area contributed by atoms with E-state index < -0.39 is 28.5 Å². The Labute approximate surface area is 259 Å². The number of hydrogen-bond acceptors (Lipinski definition) is 4.